The molecule has 0 aliphatic heterocycles. The van der Waals surface area contributed by atoms with Gasteiger partial charge in [0.2, 0.25) is 0 Å². The van der Waals surface area contributed by atoms with Crippen LogP contribution in [0.25, 0.3) is 0 Å². The molecule has 1 aromatic carbocycles. The van der Waals surface area contributed by atoms with Crippen LogP contribution in [0.3, 0.4) is 0 Å². The van der Waals surface area contributed by atoms with Gasteiger partial charge in [0.05, 0.1) is 18.1 Å². The number of nitrogens with two attached hydrogens (primary N) is 1. The molecule has 1 aliphatic carbocycles. The topological polar surface area (TPSA) is 82.1 Å². The molecule has 0 bridgehead atoms. The summed E-state index contributed by atoms with van der Waals surface area (Å²) in [5.74, 6) is 0.580. The van der Waals surface area contributed by atoms with Crippen molar-refractivity contribution in [3.63, 3.8) is 0 Å². The third-order valence-electron chi connectivity index (χ3n) is 4.10. The predicted octanol–water partition coefficient (Wildman–Crippen LogP) is 2.69. The fourth-order valence-electron chi connectivity index (χ4n) is 3.01. The molecule has 1 aliphatic rings. The Kier molecular flexibility index (Phi) is 4.51. The third-order valence-corrected chi connectivity index (χ3v) is 4.10. The Labute approximate surface area is 120 Å². The van der Waals surface area contributed by atoms with Crippen LogP contribution in [-0.2, 0) is 6.42 Å². The van der Waals surface area contributed by atoms with Crippen LogP contribution in [0.2, 0.25) is 0 Å². The monoisotopic (exact) mass is 273 g/mol. The van der Waals surface area contributed by atoms with Crippen molar-refractivity contribution in [3.05, 3.63) is 23.8 Å². The molecule has 0 heterocycles. The molecule has 4 heteroatoms. The first-order valence-electron chi connectivity index (χ1n) is 7.24. The van der Waals surface area contributed by atoms with Crippen LogP contribution in [0.4, 0.5) is 11.4 Å². The molecule has 20 heavy (non-hydrogen) atoms. The molecular formula is C16H23N3O. The van der Waals surface area contributed by atoms with E-state index in [0.29, 0.717) is 24.6 Å². The Balaban J connectivity index is 2.00. The number of anilines is 2. The summed E-state index contributed by atoms with van der Waals surface area (Å²) in [6, 6.07) is 7.71. The fourth-order valence-corrected chi connectivity index (χ4v) is 3.01. The van der Waals surface area contributed by atoms with Crippen LogP contribution in [0.1, 0.15) is 38.2 Å². The number of aliphatic hydroxyl groups is 1. The summed E-state index contributed by atoms with van der Waals surface area (Å²) in [5, 5.41) is 22.7. The maximum absolute atomic E-state index is 10.6. The summed E-state index contributed by atoms with van der Waals surface area (Å²) in [6.07, 6.45) is 4.30. The first-order valence-corrected chi connectivity index (χ1v) is 7.24. The highest BCUT2D eigenvalue weighted by Crippen LogP contribution is 2.32. The molecule has 4 nitrogen and oxygen atoms in total. The van der Waals surface area contributed by atoms with E-state index < -0.39 is 5.60 Å². The molecule has 1 saturated carbocycles. The highest BCUT2D eigenvalue weighted by molar-refractivity contribution is 5.58. The van der Waals surface area contributed by atoms with Gasteiger partial charge in [-0.05, 0) is 42.5 Å². The van der Waals surface area contributed by atoms with Crippen molar-refractivity contribution < 1.29 is 5.11 Å². The number of nitrogens with zero attached hydrogens (tertiary/aromatic N) is 1. The largest absolute Gasteiger partial charge is 0.398 e. The minimum Gasteiger partial charge on any atom is -0.398 e. The van der Waals surface area contributed by atoms with Crippen LogP contribution >= 0.6 is 0 Å². The van der Waals surface area contributed by atoms with Crippen molar-refractivity contribution in [2.75, 3.05) is 17.6 Å². The molecule has 0 spiro atoms. The summed E-state index contributed by atoms with van der Waals surface area (Å²) < 4.78 is 0. The van der Waals surface area contributed by atoms with E-state index in [4.69, 9.17) is 11.0 Å². The average Bonchev–Trinajstić information content (AvgIpc) is 2.40. The van der Waals surface area contributed by atoms with Crippen molar-refractivity contribution >= 4 is 11.4 Å². The predicted molar refractivity (Wildman–Crippen MR) is 81.2 cm³/mol. The van der Waals surface area contributed by atoms with E-state index in [2.05, 4.69) is 18.3 Å². The van der Waals surface area contributed by atoms with E-state index >= 15 is 0 Å². The zero-order chi connectivity index (χ0) is 14.6. The molecule has 0 aromatic heterocycles. The number of nitrogen functional groups attached to an aromatic ring is 1. The van der Waals surface area contributed by atoms with Gasteiger partial charge in [-0.3, -0.25) is 0 Å². The van der Waals surface area contributed by atoms with Crippen molar-refractivity contribution in [2.24, 2.45) is 5.92 Å². The van der Waals surface area contributed by atoms with Gasteiger partial charge < -0.3 is 16.2 Å². The minimum atomic E-state index is -0.617. The molecular weight excluding hydrogens is 250 g/mol. The maximum Gasteiger partial charge on any atom is 0.0821 e. The Morgan fingerprint density at radius 1 is 1.55 bits per heavy atom. The van der Waals surface area contributed by atoms with E-state index in [-0.39, 0.29) is 0 Å². The summed E-state index contributed by atoms with van der Waals surface area (Å²) in [7, 11) is 0. The summed E-state index contributed by atoms with van der Waals surface area (Å²) in [5.41, 5.74) is 7.60. The zero-order valence-electron chi connectivity index (χ0n) is 12.0. The van der Waals surface area contributed by atoms with Crippen LogP contribution in [-0.4, -0.2) is 17.3 Å². The van der Waals surface area contributed by atoms with Crippen LogP contribution in [0.15, 0.2) is 18.2 Å². The Hall–Kier alpha value is -1.73. The molecule has 1 aromatic rings. The number of nitriles is 1. The third kappa shape index (κ3) is 3.64. The van der Waals surface area contributed by atoms with Crippen LogP contribution < -0.4 is 11.1 Å². The average molecular weight is 273 g/mol. The van der Waals surface area contributed by atoms with Gasteiger partial charge in [-0.15, -0.1) is 0 Å². The van der Waals surface area contributed by atoms with Crippen LogP contribution in [0, 0.1) is 17.2 Å². The Bertz CT molecular complexity index is 509. The lowest BCUT2D eigenvalue weighted by molar-refractivity contribution is -0.000761. The first-order chi connectivity index (χ1) is 9.52. The van der Waals surface area contributed by atoms with Gasteiger partial charge in [-0.2, -0.15) is 5.26 Å². The van der Waals surface area contributed by atoms with E-state index in [9.17, 15) is 5.11 Å². The normalized spacial score (nSPS) is 25.9. The molecule has 2 rings (SSSR count). The van der Waals surface area contributed by atoms with E-state index in [1.807, 2.05) is 18.2 Å². The fraction of sp³-hybridized carbons (Fsp3) is 0.562. The Morgan fingerprint density at radius 3 is 3.05 bits per heavy atom. The lowest BCUT2D eigenvalue weighted by atomic mass is 9.79. The van der Waals surface area contributed by atoms with Gasteiger partial charge in [-0.1, -0.05) is 19.8 Å². The highest BCUT2D eigenvalue weighted by atomic mass is 16.3. The molecule has 108 valence electrons. The standard InChI is InChI=1S/C16H23N3O/c1-12-3-2-7-16(20,10-12)11-19-14-4-5-15(18)13(9-14)6-8-17/h4-5,9,12,19-20H,2-3,6-7,10-11,18H2,1H3. The maximum atomic E-state index is 10.6. The lowest BCUT2D eigenvalue weighted by Gasteiger charge is -2.36. The van der Waals surface area contributed by atoms with E-state index in [1.165, 1.54) is 6.42 Å². The van der Waals surface area contributed by atoms with Crippen molar-refractivity contribution in [1.82, 2.24) is 0 Å². The quantitative estimate of drug-likeness (QED) is 0.737. The minimum absolute atomic E-state index is 0.308. The van der Waals surface area contributed by atoms with Gasteiger partial charge in [0.25, 0.3) is 0 Å². The van der Waals surface area contributed by atoms with E-state index in [0.717, 1.165) is 30.5 Å². The summed E-state index contributed by atoms with van der Waals surface area (Å²) in [6.45, 7) is 2.74. The van der Waals surface area contributed by atoms with Crippen molar-refractivity contribution in [3.8, 4) is 6.07 Å². The second kappa shape index (κ2) is 6.15. The number of hydrogen-bond acceptors (Lipinski definition) is 4. The highest BCUT2D eigenvalue weighted by Gasteiger charge is 2.32. The second-order valence-electron chi connectivity index (χ2n) is 6.03. The van der Waals surface area contributed by atoms with Crippen molar-refractivity contribution in [2.45, 2.75) is 44.6 Å². The second-order valence-corrected chi connectivity index (χ2v) is 6.03. The van der Waals surface area contributed by atoms with Gasteiger partial charge in [-0.25, -0.2) is 0 Å². The first kappa shape index (κ1) is 14.7. The van der Waals surface area contributed by atoms with Gasteiger partial charge in [0.15, 0.2) is 0 Å². The van der Waals surface area contributed by atoms with Crippen LogP contribution in [0.5, 0.6) is 0 Å². The van der Waals surface area contributed by atoms with Gasteiger partial charge in [0.1, 0.15) is 0 Å². The molecule has 2 unspecified atom stereocenters. The molecule has 2 atom stereocenters. The number of benzene rings is 1. The zero-order valence-corrected chi connectivity index (χ0v) is 12.0. The summed E-state index contributed by atoms with van der Waals surface area (Å²) in [4.78, 5) is 0. The SMILES string of the molecule is CC1CCCC(O)(CNc2ccc(N)c(CC#N)c2)C1. The summed E-state index contributed by atoms with van der Waals surface area (Å²) >= 11 is 0. The van der Waals surface area contributed by atoms with E-state index in [1.54, 1.807) is 0 Å². The smallest absolute Gasteiger partial charge is 0.0821 e. The Morgan fingerprint density at radius 2 is 2.35 bits per heavy atom. The lowest BCUT2D eigenvalue weighted by Crippen LogP contribution is -2.41. The number of rotatable bonds is 4. The van der Waals surface area contributed by atoms with Gasteiger partial charge >= 0.3 is 0 Å². The molecule has 0 radical (unpaired) electrons. The number of hydrogen-bond donors (Lipinski definition) is 3. The molecule has 4 N–H and O–H groups in total. The molecule has 1 fully saturated rings. The number of nitrogens with one attached hydrogen (secondary N) is 1. The molecule has 0 saturated heterocycles. The van der Waals surface area contributed by atoms with Gasteiger partial charge in [0, 0.05) is 17.9 Å². The molecule has 0 amide bonds. The van der Waals surface area contributed by atoms with Crippen molar-refractivity contribution in [1.29, 1.82) is 5.26 Å².